The van der Waals surface area contributed by atoms with Gasteiger partial charge in [-0.3, -0.25) is 9.59 Å². The quantitative estimate of drug-likeness (QED) is 0.915. The van der Waals surface area contributed by atoms with Crippen LogP contribution in [-0.4, -0.2) is 45.3 Å². The Morgan fingerprint density at radius 2 is 2.00 bits per heavy atom. The van der Waals surface area contributed by atoms with Gasteiger partial charge in [-0.25, -0.2) is 4.68 Å². The van der Waals surface area contributed by atoms with Crippen LogP contribution in [0.5, 0.6) is 0 Å². The minimum Gasteiger partial charge on any atom is -0.480 e. The molecule has 1 aliphatic rings. The highest BCUT2D eigenvalue weighted by Crippen LogP contribution is 2.42. The monoisotopic (exact) mass is 299 g/mol. The van der Waals surface area contributed by atoms with E-state index in [1.54, 1.807) is 10.9 Å². The van der Waals surface area contributed by atoms with Gasteiger partial charge < -0.3 is 10.0 Å². The van der Waals surface area contributed by atoms with Crippen LogP contribution in [0.15, 0.2) is 36.5 Å². The summed E-state index contributed by atoms with van der Waals surface area (Å²) in [7, 11) is 1.49. The summed E-state index contributed by atoms with van der Waals surface area (Å²) in [6.07, 6.45) is 3.60. The molecule has 1 N–H and O–H groups in total. The largest absolute Gasteiger partial charge is 0.480 e. The van der Waals surface area contributed by atoms with Gasteiger partial charge in [0.2, 0.25) is 0 Å². The molecule has 0 aliphatic heterocycles. The molecule has 0 spiro atoms. The highest BCUT2D eigenvalue weighted by atomic mass is 16.4. The molecule has 1 aliphatic carbocycles. The van der Waals surface area contributed by atoms with E-state index < -0.39 is 5.97 Å². The number of aromatic nitrogens is 2. The number of para-hydroxylation sites is 1. The normalized spacial score (nSPS) is 13.9. The van der Waals surface area contributed by atoms with Crippen LogP contribution in [0.25, 0.3) is 5.69 Å². The Bertz CT molecular complexity index is 705. The maximum atomic E-state index is 12.5. The van der Waals surface area contributed by atoms with Crippen LogP contribution in [0, 0.1) is 0 Å². The van der Waals surface area contributed by atoms with Gasteiger partial charge in [-0.15, -0.1) is 0 Å². The summed E-state index contributed by atoms with van der Waals surface area (Å²) in [5.41, 5.74) is 2.29. The summed E-state index contributed by atoms with van der Waals surface area (Å²) in [6.45, 7) is -0.320. The molecule has 0 unspecified atom stereocenters. The Morgan fingerprint density at radius 1 is 1.32 bits per heavy atom. The van der Waals surface area contributed by atoms with E-state index >= 15 is 0 Å². The van der Waals surface area contributed by atoms with Gasteiger partial charge in [0.1, 0.15) is 6.54 Å². The second kappa shape index (κ2) is 5.63. The lowest BCUT2D eigenvalue weighted by Crippen LogP contribution is -2.32. The zero-order chi connectivity index (χ0) is 15.7. The molecule has 1 heterocycles. The number of hydrogen-bond donors (Lipinski definition) is 1. The van der Waals surface area contributed by atoms with E-state index in [1.807, 2.05) is 30.3 Å². The zero-order valence-electron chi connectivity index (χ0n) is 12.3. The molecule has 3 rings (SSSR count). The Hall–Kier alpha value is -2.63. The van der Waals surface area contributed by atoms with Crippen molar-refractivity contribution in [1.29, 1.82) is 0 Å². The molecular weight excluding hydrogens is 282 g/mol. The van der Waals surface area contributed by atoms with Gasteiger partial charge in [-0.2, -0.15) is 5.10 Å². The molecule has 1 aromatic carbocycles. The van der Waals surface area contributed by atoms with E-state index in [1.165, 1.54) is 11.9 Å². The first kappa shape index (κ1) is 14.3. The topological polar surface area (TPSA) is 75.4 Å². The second-order valence-electron chi connectivity index (χ2n) is 5.52. The molecule has 0 bridgehead atoms. The predicted molar refractivity (Wildman–Crippen MR) is 80.1 cm³/mol. The van der Waals surface area contributed by atoms with Crippen molar-refractivity contribution in [3.63, 3.8) is 0 Å². The van der Waals surface area contributed by atoms with Crippen molar-refractivity contribution in [3.8, 4) is 5.69 Å². The summed E-state index contributed by atoms with van der Waals surface area (Å²) in [4.78, 5) is 24.5. The number of hydrogen-bond acceptors (Lipinski definition) is 3. The third-order valence-electron chi connectivity index (χ3n) is 3.72. The molecule has 0 saturated heterocycles. The fraction of sp³-hybridized carbons (Fsp3) is 0.312. The highest BCUT2D eigenvalue weighted by Gasteiger charge is 2.33. The third kappa shape index (κ3) is 2.72. The lowest BCUT2D eigenvalue weighted by Gasteiger charge is -2.15. The fourth-order valence-electron chi connectivity index (χ4n) is 2.53. The van der Waals surface area contributed by atoms with Crippen molar-refractivity contribution in [3.05, 3.63) is 47.8 Å². The van der Waals surface area contributed by atoms with Crippen LogP contribution in [0.4, 0.5) is 0 Å². The number of carbonyl (C=O) groups is 2. The van der Waals surface area contributed by atoms with Gasteiger partial charge in [0.25, 0.3) is 5.91 Å². The maximum Gasteiger partial charge on any atom is 0.323 e. The molecule has 2 aromatic rings. The maximum absolute atomic E-state index is 12.5. The number of rotatable bonds is 5. The molecule has 22 heavy (non-hydrogen) atoms. The molecule has 1 saturated carbocycles. The summed E-state index contributed by atoms with van der Waals surface area (Å²) in [5.74, 6) is -1.01. The van der Waals surface area contributed by atoms with Gasteiger partial charge in [-0.05, 0) is 25.0 Å². The number of carboxylic acids is 1. The van der Waals surface area contributed by atoms with E-state index in [4.69, 9.17) is 5.11 Å². The molecule has 1 amide bonds. The van der Waals surface area contributed by atoms with Crippen LogP contribution in [-0.2, 0) is 4.79 Å². The number of benzene rings is 1. The van der Waals surface area contributed by atoms with Crippen molar-refractivity contribution in [2.24, 2.45) is 0 Å². The van der Waals surface area contributed by atoms with E-state index in [0.717, 1.165) is 24.2 Å². The lowest BCUT2D eigenvalue weighted by atomic mass is 10.1. The molecule has 1 fully saturated rings. The first-order valence-corrected chi connectivity index (χ1v) is 7.18. The molecular formula is C16H17N3O3. The number of carbonyl (C=O) groups excluding carboxylic acids is 1. The summed E-state index contributed by atoms with van der Waals surface area (Å²) < 4.78 is 1.79. The Kier molecular flexibility index (Phi) is 3.66. The molecule has 0 radical (unpaired) electrons. The average Bonchev–Trinajstić information content (AvgIpc) is 3.25. The van der Waals surface area contributed by atoms with Crippen LogP contribution in [0.2, 0.25) is 0 Å². The Morgan fingerprint density at radius 3 is 2.59 bits per heavy atom. The smallest absolute Gasteiger partial charge is 0.323 e. The van der Waals surface area contributed by atoms with Gasteiger partial charge in [-0.1, -0.05) is 18.2 Å². The second-order valence-corrected chi connectivity index (χ2v) is 5.52. The SMILES string of the molecule is CN(CC(=O)O)C(=O)c1cnn(-c2ccccc2)c1C1CC1. The lowest BCUT2D eigenvalue weighted by molar-refractivity contribution is -0.137. The molecule has 6 nitrogen and oxygen atoms in total. The molecule has 0 atom stereocenters. The number of carboxylic acid groups (broad SMARTS) is 1. The minimum atomic E-state index is -1.03. The summed E-state index contributed by atoms with van der Waals surface area (Å²) in [6, 6.07) is 9.65. The number of nitrogens with zero attached hydrogens (tertiary/aromatic N) is 3. The minimum absolute atomic E-state index is 0.300. The van der Waals surface area contributed by atoms with Crippen LogP contribution in [0.1, 0.15) is 34.8 Å². The fourth-order valence-corrected chi connectivity index (χ4v) is 2.53. The van der Waals surface area contributed by atoms with Crippen molar-refractivity contribution >= 4 is 11.9 Å². The van der Waals surface area contributed by atoms with Crippen LogP contribution < -0.4 is 0 Å². The highest BCUT2D eigenvalue weighted by molar-refractivity contribution is 5.97. The third-order valence-corrected chi connectivity index (χ3v) is 3.72. The average molecular weight is 299 g/mol. The van der Waals surface area contributed by atoms with Gasteiger partial charge >= 0.3 is 5.97 Å². The van der Waals surface area contributed by atoms with Crippen molar-refractivity contribution in [1.82, 2.24) is 14.7 Å². The van der Waals surface area contributed by atoms with E-state index in [2.05, 4.69) is 5.10 Å². The first-order chi connectivity index (χ1) is 10.6. The number of likely N-dealkylation sites (N-methyl/N-ethyl adjacent to an activating group) is 1. The van der Waals surface area contributed by atoms with E-state index in [9.17, 15) is 9.59 Å². The summed E-state index contributed by atoms with van der Waals surface area (Å²) in [5, 5.41) is 13.2. The van der Waals surface area contributed by atoms with Crippen molar-refractivity contribution in [2.45, 2.75) is 18.8 Å². The molecule has 6 heteroatoms. The molecule has 1 aromatic heterocycles. The van der Waals surface area contributed by atoms with Crippen molar-refractivity contribution in [2.75, 3.05) is 13.6 Å². The van der Waals surface area contributed by atoms with Gasteiger partial charge in [0, 0.05) is 13.0 Å². The number of aliphatic carboxylic acids is 1. The zero-order valence-corrected chi connectivity index (χ0v) is 12.3. The Balaban J connectivity index is 1.97. The first-order valence-electron chi connectivity index (χ1n) is 7.18. The van der Waals surface area contributed by atoms with Crippen LogP contribution >= 0.6 is 0 Å². The van der Waals surface area contributed by atoms with Crippen LogP contribution in [0.3, 0.4) is 0 Å². The number of amides is 1. The molecule has 114 valence electrons. The van der Waals surface area contributed by atoms with Gasteiger partial charge in [0.15, 0.2) is 0 Å². The Labute approximate surface area is 128 Å². The summed E-state index contributed by atoms with van der Waals surface area (Å²) >= 11 is 0. The predicted octanol–water partition coefficient (Wildman–Crippen LogP) is 1.91. The van der Waals surface area contributed by atoms with E-state index in [0.29, 0.717) is 11.5 Å². The van der Waals surface area contributed by atoms with Crippen molar-refractivity contribution < 1.29 is 14.7 Å². The standard InChI is InChI=1S/C16H17N3O3/c1-18(10-14(20)21)16(22)13-9-17-19(15(13)11-7-8-11)12-5-3-2-4-6-12/h2-6,9,11H,7-8,10H2,1H3,(H,20,21). The van der Waals surface area contributed by atoms with E-state index in [-0.39, 0.29) is 12.5 Å². The van der Waals surface area contributed by atoms with Gasteiger partial charge in [0.05, 0.1) is 23.1 Å².